The largest absolute Gasteiger partial charge is 0.366 e. The van der Waals surface area contributed by atoms with E-state index in [4.69, 9.17) is 5.73 Å². The molecule has 0 saturated carbocycles. The SMILES string of the molecule is NC(=O)C1=CCN(S(=O)(=O)c2ccc(F)cc2)CC1. The van der Waals surface area contributed by atoms with Gasteiger partial charge in [0, 0.05) is 18.7 Å². The van der Waals surface area contributed by atoms with Crippen LogP contribution in [0.25, 0.3) is 0 Å². The number of primary amides is 1. The summed E-state index contributed by atoms with van der Waals surface area (Å²) in [6, 6.07) is 4.64. The quantitative estimate of drug-likeness (QED) is 0.884. The molecule has 0 bridgehead atoms. The van der Waals surface area contributed by atoms with Gasteiger partial charge in [-0.05, 0) is 30.7 Å². The van der Waals surface area contributed by atoms with Crippen LogP contribution >= 0.6 is 0 Å². The van der Waals surface area contributed by atoms with Crippen LogP contribution in [0.4, 0.5) is 4.39 Å². The number of hydrogen-bond acceptors (Lipinski definition) is 3. The molecule has 19 heavy (non-hydrogen) atoms. The van der Waals surface area contributed by atoms with Crippen LogP contribution < -0.4 is 5.73 Å². The van der Waals surface area contributed by atoms with Crippen molar-refractivity contribution >= 4 is 15.9 Å². The fraction of sp³-hybridized carbons (Fsp3) is 0.250. The van der Waals surface area contributed by atoms with E-state index in [0.717, 1.165) is 12.1 Å². The number of carbonyl (C=O) groups excluding carboxylic acids is 1. The van der Waals surface area contributed by atoms with Crippen molar-refractivity contribution in [1.82, 2.24) is 4.31 Å². The van der Waals surface area contributed by atoms with E-state index in [0.29, 0.717) is 5.57 Å². The molecule has 0 aliphatic carbocycles. The number of benzene rings is 1. The van der Waals surface area contributed by atoms with E-state index in [1.54, 1.807) is 0 Å². The molecule has 1 aromatic carbocycles. The van der Waals surface area contributed by atoms with Crippen molar-refractivity contribution in [2.45, 2.75) is 11.3 Å². The summed E-state index contributed by atoms with van der Waals surface area (Å²) in [5.41, 5.74) is 5.57. The second-order valence-electron chi connectivity index (χ2n) is 4.16. The maximum atomic E-state index is 12.8. The standard InChI is InChI=1S/C12H13FN2O3S/c13-10-1-3-11(4-2-10)19(17,18)15-7-5-9(6-8-15)12(14)16/h1-5H,6-8H2,(H2,14,16). The molecule has 0 saturated heterocycles. The van der Waals surface area contributed by atoms with Crippen LogP contribution in [0.2, 0.25) is 0 Å². The van der Waals surface area contributed by atoms with Crippen molar-refractivity contribution in [3.63, 3.8) is 0 Å². The lowest BCUT2D eigenvalue weighted by atomic mass is 10.1. The third kappa shape index (κ3) is 2.82. The number of amides is 1. The summed E-state index contributed by atoms with van der Waals surface area (Å²) in [4.78, 5) is 11.0. The average Bonchev–Trinajstić information content (AvgIpc) is 2.39. The fourth-order valence-electron chi connectivity index (χ4n) is 1.85. The number of carbonyl (C=O) groups is 1. The Morgan fingerprint density at radius 3 is 2.37 bits per heavy atom. The van der Waals surface area contributed by atoms with E-state index in [1.807, 2.05) is 0 Å². The molecule has 0 aromatic heterocycles. The van der Waals surface area contributed by atoms with Crippen molar-refractivity contribution in [2.24, 2.45) is 5.73 Å². The van der Waals surface area contributed by atoms with Gasteiger partial charge in [0.05, 0.1) is 4.90 Å². The number of nitrogens with two attached hydrogens (primary N) is 1. The van der Waals surface area contributed by atoms with Crippen molar-refractivity contribution in [2.75, 3.05) is 13.1 Å². The maximum Gasteiger partial charge on any atom is 0.244 e. The Morgan fingerprint density at radius 1 is 1.26 bits per heavy atom. The first kappa shape index (κ1) is 13.7. The van der Waals surface area contributed by atoms with Crippen LogP contribution in [0.3, 0.4) is 0 Å². The second-order valence-corrected chi connectivity index (χ2v) is 6.10. The van der Waals surface area contributed by atoms with Crippen LogP contribution in [0.15, 0.2) is 40.8 Å². The van der Waals surface area contributed by atoms with Crippen LogP contribution in [0, 0.1) is 5.82 Å². The molecule has 102 valence electrons. The van der Waals surface area contributed by atoms with Crippen molar-refractivity contribution in [3.8, 4) is 0 Å². The Balaban J connectivity index is 2.23. The lowest BCUT2D eigenvalue weighted by Crippen LogP contribution is -2.36. The van der Waals surface area contributed by atoms with Crippen LogP contribution in [0.5, 0.6) is 0 Å². The Hall–Kier alpha value is -1.73. The molecule has 1 amide bonds. The molecular formula is C12H13FN2O3S. The van der Waals surface area contributed by atoms with Gasteiger partial charge in [0.25, 0.3) is 0 Å². The van der Waals surface area contributed by atoms with Gasteiger partial charge in [-0.15, -0.1) is 0 Å². The normalized spacial score (nSPS) is 17.0. The maximum absolute atomic E-state index is 12.8. The van der Waals surface area contributed by atoms with E-state index < -0.39 is 21.7 Å². The summed E-state index contributed by atoms with van der Waals surface area (Å²) >= 11 is 0. The van der Waals surface area contributed by atoms with Crippen LogP contribution in [0.1, 0.15) is 6.42 Å². The molecule has 1 aliphatic rings. The number of hydrogen-bond donors (Lipinski definition) is 1. The van der Waals surface area contributed by atoms with Crippen molar-refractivity contribution in [1.29, 1.82) is 0 Å². The minimum absolute atomic E-state index is 0.0322. The monoisotopic (exact) mass is 284 g/mol. The molecular weight excluding hydrogens is 271 g/mol. The minimum Gasteiger partial charge on any atom is -0.366 e. The van der Waals surface area contributed by atoms with Crippen LogP contribution in [-0.2, 0) is 14.8 Å². The second kappa shape index (κ2) is 5.10. The number of rotatable bonds is 3. The molecule has 0 radical (unpaired) electrons. The van der Waals surface area contributed by atoms with E-state index >= 15 is 0 Å². The third-order valence-electron chi connectivity index (χ3n) is 2.94. The zero-order chi connectivity index (χ0) is 14.0. The topological polar surface area (TPSA) is 80.5 Å². The van der Waals surface area contributed by atoms with Gasteiger partial charge in [0.1, 0.15) is 5.82 Å². The van der Waals surface area contributed by atoms with Gasteiger partial charge >= 0.3 is 0 Å². The molecule has 0 fully saturated rings. The highest BCUT2D eigenvalue weighted by molar-refractivity contribution is 7.89. The van der Waals surface area contributed by atoms with Gasteiger partial charge in [0.2, 0.25) is 15.9 Å². The van der Waals surface area contributed by atoms with E-state index in [-0.39, 0.29) is 24.4 Å². The smallest absolute Gasteiger partial charge is 0.244 e. The Morgan fingerprint density at radius 2 is 1.89 bits per heavy atom. The van der Waals surface area contributed by atoms with E-state index in [9.17, 15) is 17.6 Å². The highest BCUT2D eigenvalue weighted by Crippen LogP contribution is 2.20. The lowest BCUT2D eigenvalue weighted by molar-refractivity contribution is -0.114. The zero-order valence-corrected chi connectivity index (χ0v) is 10.9. The highest BCUT2D eigenvalue weighted by Gasteiger charge is 2.26. The molecule has 1 aromatic rings. The predicted octanol–water partition coefficient (Wildman–Crippen LogP) is 0.632. The summed E-state index contributed by atoms with van der Waals surface area (Å²) in [7, 11) is -3.66. The van der Waals surface area contributed by atoms with Crippen molar-refractivity contribution < 1.29 is 17.6 Å². The summed E-state index contributed by atoms with van der Waals surface area (Å²) in [6.45, 7) is 0.284. The zero-order valence-electron chi connectivity index (χ0n) is 10.0. The highest BCUT2D eigenvalue weighted by atomic mass is 32.2. The van der Waals surface area contributed by atoms with Gasteiger partial charge in [-0.25, -0.2) is 12.8 Å². The summed E-state index contributed by atoms with van der Waals surface area (Å²) in [5.74, 6) is -1.02. The van der Waals surface area contributed by atoms with Gasteiger partial charge in [0.15, 0.2) is 0 Å². The van der Waals surface area contributed by atoms with Gasteiger partial charge < -0.3 is 5.73 Å². The first-order chi connectivity index (χ1) is 8.91. The number of nitrogens with zero attached hydrogens (tertiary/aromatic N) is 1. The molecule has 1 heterocycles. The summed E-state index contributed by atoms with van der Waals surface area (Å²) in [5, 5.41) is 0. The Bertz CT molecular complexity index is 623. The van der Waals surface area contributed by atoms with Gasteiger partial charge in [-0.1, -0.05) is 6.08 Å². The third-order valence-corrected chi connectivity index (χ3v) is 4.82. The first-order valence-corrected chi connectivity index (χ1v) is 7.10. The van der Waals surface area contributed by atoms with E-state index in [2.05, 4.69) is 0 Å². The number of sulfonamides is 1. The first-order valence-electron chi connectivity index (χ1n) is 5.66. The lowest BCUT2D eigenvalue weighted by Gasteiger charge is -2.24. The van der Waals surface area contributed by atoms with E-state index in [1.165, 1.54) is 22.5 Å². The number of halogens is 1. The molecule has 5 nitrogen and oxygen atoms in total. The fourth-order valence-corrected chi connectivity index (χ4v) is 3.23. The van der Waals surface area contributed by atoms with Gasteiger partial charge in [-0.3, -0.25) is 4.79 Å². The molecule has 2 rings (SSSR count). The Kier molecular flexibility index (Phi) is 3.68. The predicted molar refractivity (Wildman–Crippen MR) is 67.1 cm³/mol. The molecule has 7 heteroatoms. The van der Waals surface area contributed by atoms with Crippen LogP contribution in [-0.4, -0.2) is 31.7 Å². The van der Waals surface area contributed by atoms with Crippen molar-refractivity contribution in [3.05, 3.63) is 41.7 Å². The molecule has 0 atom stereocenters. The van der Waals surface area contributed by atoms with Gasteiger partial charge in [-0.2, -0.15) is 4.31 Å². The summed E-state index contributed by atoms with van der Waals surface area (Å²) < 4.78 is 38.5. The Labute approximate surface area is 110 Å². The molecule has 0 spiro atoms. The molecule has 0 unspecified atom stereocenters. The average molecular weight is 284 g/mol. The molecule has 1 aliphatic heterocycles. The summed E-state index contributed by atoms with van der Waals surface area (Å²) in [6.07, 6.45) is 1.79. The minimum atomic E-state index is -3.66. The molecule has 2 N–H and O–H groups in total.